The molecule has 7 heteroatoms. The Kier molecular flexibility index (Phi) is 4.29. The van der Waals surface area contributed by atoms with Gasteiger partial charge in [-0.25, -0.2) is 8.42 Å². The van der Waals surface area contributed by atoms with Gasteiger partial charge in [-0.1, -0.05) is 6.07 Å². The van der Waals surface area contributed by atoms with Gasteiger partial charge < -0.3 is 10.0 Å². The molecular formula is C13H18N2O4S. The van der Waals surface area contributed by atoms with Crippen molar-refractivity contribution in [2.75, 3.05) is 35.2 Å². The molecule has 2 rings (SSSR count). The number of aliphatic hydroxyl groups is 1. The molecule has 0 aliphatic carbocycles. The van der Waals surface area contributed by atoms with E-state index < -0.39 is 10.0 Å². The predicted octanol–water partition coefficient (Wildman–Crippen LogP) is 0.572. The number of hydrogen-bond donors (Lipinski definition) is 1. The SMILES string of the molecule is CS(=O)(=O)N(CCO)c1cccc(N2CCCC2=O)c1. The molecule has 1 aromatic rings. The van der Waals surface area contributed by atoms with E-state index in [0.29, 0.717) is 24.3 Å². The maximum Gasteiger partial charge on any atom is 0.232 e. The fourth-order valence-corrected chi connectivity index (χ4v) is 3.22. The Morgan fingerprint density at radius 1 is 1.40 bits per heavy atom. The van der Waals surface area contributed by atoms with E-state index in [1.165, 1.54) is 0 Å². The molecule has 1 aromatic carbocycles. The Hall–Kier alpha value is -1.60. The number of nitrogens with zero attached hydrogens (tertiary/aromatic N) is 2. The van der Waals surface area contributed by atoms with Gasteiger partial charge in [0.05, 0.1) is 25.1 Å². The van der Waals surface area contributed by atoms with Crippen LogP contribution in [0.2, 0.25) is 0 Å². The van der Waals surface area contributed by atoms with Crippen molar-refractivity contribution in [2.45, 2.75) is 12.8 Å². The van der Waals surface area contributed by atoms with Crippen LogP contribution in [-0.2, 0) is 14.8 Å². The van der Waals surface area contributed by atoms with Crippen molar-refractivity contribution in [3.05, 3.63) is 24.3 Å². The standard InChI is InChI=1S/C13H18N2O4S/c1-20(18,19)15(8-9-16)12-5-2-4-11(10-12)14-7-3-6-13(14)17/h2,4-5,10,16H,3,6-9H2,1H3. The van der Waals surface area contributed by atoms with Gasteiger partial charge in [-0.05, 0) is 24.6 Å². The molecule has 1 N–H and O–H groups in total. The van der Waals surface area contributed by atoms with Crippen molar-refractivity contribution in [2.24, 2.45) is 0 Å². The van der Waals surface area contributed by atoms with E-state index in [-0.39, 0.29) is 19.1 Å². The molecule has 1 amide bonds. The molecule has 0 atom stereocenters. The summed E-state index contributed by atoms with van der Waals surface area (Å²) in [6.45, 7) is 0.386. The Balaban J connectivity index is 2.35. The zero-order valence-corrected chi connectivity index (χ0v) is 12.1. The van der Waals surface area contributed by atoms with E-state index in [4.69, 9.17) is 5.11 Å². The summed E-state index contributed by atoms with van der Waals surface area (Å²) in [6.07, 6.45) is 2.43. The van der Waals surface area contributed by atoms with Crippen molar-refractivity contribution in [3.8, 4) is 0 Å². The van der Waals surface area contributed by atoms with Crippen LogP contribution in [0.3, 0.4) is 0 Å². The summed E-state index contributed by atoms with van der Waals surface area (Å²) in [5.41, 5.74) is 1.15. The average Bonchev–Trinajstić information content (AvgIpc) is 2.81. The highest BCUT2D eigenvalue weighted by molar-refractivity contribution is 7.92. The second-order valence-corrected chi connectivity index (χ2v) is 6.63. The van der Waals surface area contributed by atoms with Gasteiger partial charge in [0, 0.05) is 18.7 Å². The van der Waals surface area contributed by atoms with Crippen LogP contribution in [-0.4, -0.2) is 45.4 Å². The van der Waals surface area contributed by atoms with E-state index in [9.17, 15) is 13.2 Å². The molecule has 0 unspecified atom stereocenters. The van der Waals surface area contributed by atoms with E-state index in [2.05, 4.69) is 0 Å². The number of sulfonamides is 1. The number of carbonyl (C=O) groups is 1. The van der Waals surface area contributed by atoms with Crippen molar-refractivity contribution >= 4 is 27.3 Å². The summed E-state index contributed by atoms with van der Waals surface area (Å²) in [4.78, 5) is 13.4. The summed E-state index contributed by atoms with van der Waals surface area (Å²) in [5, 5.41) is 9.01. The molecule has 0 aromatic heterocycles. The molecule has 0 radical (unpaired) electrons. The van der Waals surface area contributed by atoms with Crippen LogP contribution in [0.4, 0.5) is 11.4 Å². The van der Waals surface area contributed by atoms with E-state index in [1.54, 1.807) is 29.2 Å². The molecule has 1 aliphatic heterocycles. The van der Waals surface area contributed by atoms with Crippen LogP contribution in [0.15, 0.2) is 24.3 Å². The second kappa shape index (κ2) is 5.80. The predicted molar refractivity (Wildman–Crippen MR) is 77.3 cm³/mol. The van der Waals surface area contributed by atoms with Crippen molar-refractivity contribution in [1.29, 1.82) is 0 Å². The summed E-state index contributed by atoms with van der Waals surface area (Å²) < 4.78 is 24.6. The molecule has 110 valence electrons. The third kappa shape index (κ3) is 3.10. The molecule has 0 spiro atoms. The number of amides is 1. The van der Waals surface area contributed by atoms with Gasteiger partial charge in [0.2, 0.25) is 15.9 Å². The molecule has 1 fully saturated rings. The second-order valence-electron chi connectivity index (χ2n) is 4.73. The Bertz CT molecular complexity index is 600. The Labute approximate surface area is 118 Å². The van der Waals surface area contributed by atoms with Gasteiger partial charge in [-0.3, -0.25) is 9.10 Å². The van der Waals surface area contributed by atoms with Crippen LogP contribution < -0.4 is 9.21 Å². The highest BCUT2D eigenvalue weighted by atomic mass is 32.2. The van der Waals surface area contributed by atoms with Crippen LogP contribution >= 0.6 is 0 Å². The minimum Gasteiger partial charge on any atom is -0.394 e. The molecule has 1 saturated heterocycles. The van der Waals surface area contributed by atoms with E-state index in [1.807, 2.05) is 0 Å². The van der Waals surface area contributed by atoms with Gasteiger partial charge in [0.1, 0.15) is 0 Å². The molecule has 6 nitrogen and oxygen atoms in total. The lowest BCUT2D eigenvalue weighted by molar-refractivity contribution is -0.117. The topological polar surface area (TPSA) is 77.9 Å². The lowest BCUT2D eigenvalue weighted by Gasteiger charge is -2.23. The van der Waals surface area contributed by atoms with Crippen LogP contribution in [0, 0.1) is 0 Å². The van der Waals surface area contributed by atoms with E-state index in [0.717, 1.165) is 17.0 Å². The van der Waals surface area contributed by atoms with Gasteiger partial charge in [-0.15, -0.1) is 0 Å². The van der Waals surface area contributed by atoms with Crippen molar-refractivity contribution < 1.29 is 18.3 Å². The van der Waals surface area contributed by atoms with Gasteiger partial charge in [0.15, 0.2) is 0 Å². The highest BCUT2D eigenvalue weighted by Gasteiger charge is 2.23. The summed E-state index contributed by atoms with van der Waals surface area (Å²) in [6, 6.07) is 6.82. The van der Waals surface area contributed by atoms with Gasteiger partial charge >= 0.3 is 0 Å². The number of anilines is 2. The highest BCUT2D eigenvalue weighted by Crippen LogP contribution is 2.27. The quantitative estimate of drug-likeness (QED) is 0.862. The number of hydrogen-bond acceptors (Lipinski definition) is 4. The number of aliphatic hydroxyl groups excluding tert-OH is 1. The third-order valence-electron chi connectivity index (χ3n) is 3.21. The first-order chi connectivity index (χ1) is 9.43. The average molecular weight is 298 g/mol. The zero-order chi connectivity index (χ0) is 14.8. The molecule has 0 saturated carbocycles. The number of benzene rings is 1. The minimum absolute atomic E-state index is 0.00374. The number of carbonyl (C=O) groups excluding carboxylic acids is 1. The summed E-state index contributed by atoms with van der Waals surface area (Å²) >= 11 is 0. The fraction of sp³-hybridized carbons (Fsp3) is 0.462. The first kappa shape index (κ1) is 14.8. The minimum atomic E-state index is -3.46. The third-order valence-corrected chi connectivity index (χ3v) is 4.40. The first-order valence-corrected chi connectivity index (χ1v) is 8.27. The zero-order valence-electron chi connectivity index (χ0n) is 11.3. The van der Waals surface area contributed by atoms with Gasteiger partial charge in [0.25, 0.3) is 0 Å². The molecule has 0 bridgehead atoms. The molecule has 1 heterocycles. The van der Waals surface area contributed by atoms with Crippen LogP contribution in [0.1, 0.15) is 12.8 Å². The maximum atomic E-state index is 11.8. The molecular weight excluding hydrogens is 280 g/mol. The van der Waals surface area contributed by atoms with Crippen molar-refractivity contribution in [3.63, 3.8) is 0 Å². The summed E-state index contributed by atoms with van der Waals surface area (Å²) in [5.74, 6) is 0.0511. The fourth-order valence-electron chi connectivity index (χ4n) is 2.31. The lowest BCUT2D eigenvalue weighted by atomic mass is 10.2. The maximum absolute atomic E-state index is 11.8. The molecule has 1 aliphatic rings. The van der Waals surface area contributed by atoms with E-state index >= 15 is 0 Å². The molecule has 20 heavy (non-hydrogen) atoms. The smallest absolute Gasteiger partial charge is 0.232 e. The summed E-state index contributed by atoms with van der Waals surface area (Å²) in [7, 11) is -3.46. The van der Waals surface area contributed by atoms with Gasteiger partial charge in [-0.2, -0.15) is 0 Å². The monoisotopic (exact) mass is 298 g/mol. The van der Waals surface area contributed by atoms with Crippen LogP contribution in [0.5, 0.6) is 0 Å². The first-order valence-electron chi connectivity index (χ1n) is 6.42. The normalized spacial score (nSPS) is 15.7. The number of rotatable bonds is 5. The Morgan fingerprint density at radius 2 is 2.15 bits per heavy atom. The lowest BCUT2D eigenvalue weighted by Crippen LogP contribution is -2.33. The largest absolute Gasteiger partial charge is 0.394 e. The van der Waals surface area contributed by atoms with Crippen LogP contribution in [0.25, 0.3) is 0 Å². The Morgan fingerprint density at radius 3 is 2.70 bits per heavy atom. The van der Waals surface area contributed by atoms with Crippen molar-refractivity contribution in [1.82, 2.24) is 0 Å².